The monoisotopic (exact) mass is 599 g/mol. The Morgan fingerprint density at radius 2 is 0.979 bits per heavy atom. The molecule has 0 fully saturated rings. The number of para-hydroxylation sites is 3. The van der Waals surface area contributed by atoms with Crippen molar-refractivity contribution in [1.29, 1.82) is 0 Å². The summed E-state index contributed by atoms with van der Waals surface area (Å²) in [5.74, 6) is 0. The minimum Gasteiger partial charge on any atom is -0.456 e. The molecule has 47 heavy (non-hydrogen) atoms. The number of hydrogen-bond donors (Lipinski definition) is 0. The highest BCUT2D eigenvalue weighted by molar-refractivity contribution is 6.09. The standard InChI is InChI=1S/C44H25NO2/c46-43-32-15-5-10-20-41(32)47-42-25-33-28-12-2-7-17-36(28)44(38(33)24-34(42)43)35-16-6-1-11-27(35)29-22-21-26(23-37(29)44)45-39-18-8-3-13-30(39)31-14-4-9-19-40(31)45/h1-25H. The lowest BCUT2D eigenvalue weighted by molar-refractivity contribution is 0.659. The Morgan fingerprint density at radius 3 is 1.70 bits per heavy atom. The molecule has 1 atom stereocenters. The van der Waals surface area contributed by atoms with Crippen LogP contribution in [0, 0.1) is 0 Å². The van der Waals surface area contributed by atoms with Crippen LogP contribution >= 0.6 is 0 Å². The van der Waals surface area contributed by atoms with Crippen molar-refractivity contribution in [2.24, 2.45) is 0 Å². The van der Waals surface area contributed by atoms with Crippen LogP contribution in [0.3, 0.4) is 0 Å². The van der Waals surface area contributed by atoms with Crippen LogP contribution in [0.25, 0.3) is 71.7 Å². The SMILES string of the molecule is O=c1c2ccccc2oc2cc3c(cc12)C1(c2ccccc2-c2ccc(-n4c5ccccc5c5ccccc54)cc21)c1ccccc1-3. The average Bonchev–Trinajstić information content (AvgIpc) is 3.72. The minimum absolute atomic E-state index is 0.00120. The second kappa shape index (κ2) is 8.74. The summed E-state index contributed by atoms with van der Waals surface area (Å²) >= 11 is 0. The van der Waals surface area contributed by atoms with Crippen LogP contribution in [-0.4, -0.2) is 4.57 Å². The lowest BCUT2D eigenvalue weighted by Gasteiger charge is -2.31. The van der Waals surface area contributed by atoms with Crippen molar-refractivity contribution in [1.82, 2.24) is 4.57 Å². The zero-order valence-electron chi connectivity index (χ0n) is 25.2. The van der Waals surface area contributed by atoms with E-state index in [9.17, 15) is 4.79 Å². The molecule has 0 amide bonds. The van der Waals surface area contributed by atoms with Gasteiger partial charge in [-0.15, -0.1) is 0 Å². The molecule has 0 saturated heterocycles. The van der Waals surface area contributed by atoms with Gasteiger partial charge >= 0.3 is 0 Å². The van der Waals surface area contributed by atoms with E-state index in [0.717, 1.165) is 16.8 Å². The summed E-state index contributed by atoms with van der Waals surface area (Å²) in [7, 11) is 0. The van der Waals surface area contributed by atoms with Crippen molar-refractivity contribution in [2.75, 3.05) is 0 Å². The van der Waals surface area contributed by atoms with Gasteiger partial charge in [-0.05, 0) is 93.0 Å². The predicted molar refractivity (Wildman–Crippen MR) is 191 cm³/mol. The van der Waals surface area contributed by atoms with Crippen molar-refractivity contribution in [3.8, 4) is 27.9 Å². The molecule has 0 N–H and O–H groups in total. The summed E-state index contributed by atoms with van der Waals surface area (Å²) in [6.07, 6.45) is 0. The number of fused-ring (bicyclic) bond motifs is 15. The van der Waals surface area contributed by atoms with Gasteiger partial charge in [0, 0.05) is 16.5 Å². The average molecular weight is 600 g/mol. The molecule has 0 aliphatic heterocycles. The fourth-order valence-electron chi connectivity index (χ4n) is 8.76. The van der Waals surface area contributed by atoms with Gasteiger partial charge in [-0.25, -0.2) is 0 Å². The highest BCUT2D eigenvalue weighted by atomic mass is 16.3. The summed E-state index contributed by atoms with van der Waals surface area (Å²) in [6.45, 7) is 0. The number of nitrogens with zero attached hydrogens (tertiary/aromatic N) is 1. The number of aromatic nitrogens is 1. The molecule has 1 unspecified atom stereocenters. The maximum absolute atomic E-state index is 14.1. The molecule has 2 heterocycles. The quantitative estimate of drug-likeness (QED) is 0.176. The van der Waals surface area contributed by atoms with E-state index >= 15 is 0 Å². The normalized spacial score (nSPS) is 15.8. The van der Waals surface area contributed by atoms with Gasteiger partial charge in [0.25, 0.3) is 0 Å². The minimum atomic E-state index is -0.598. The van der Waals surface area contributed by atoms with Gasteiger partial charge in [0.05, 0.1) is 27.2 Å². The van der Waals surface area contributed by atoms with E-state index in [1.165, 1.54) is 55.2 Å². The molecule has 3 nitrogen and oxygen atoms in total. The van der Waals surface area contributed by atoms with Crippen molar-refractivity contribution >= 4 is 43.7 Å². The largest absolute Gasteiger partial charge is 0.456 e. The lowest BCUT2D eigenvalue weighted by Crippen LogP contribution is -2.26. The van der Waals surface area contributed by atoms with Gasteiger partial charge < -0.3 is 8.98 Å². The summed E-state index contributed by atoms with van der Waals surface area (Å²) in [5, 5.41) is 3.69. The summed E-state index contributed by atoms with van der Waals surface area (Å²) in [4.78, 5) is 14.1. The van der Waals surface area contributed by atoms with Gasteiger partial charge in [-0.3, -0.25) is 4.79 Å². The van der Waals surface area contributed by atoms with Crippen LogP contribution in [0.15, 0.2) is 161 Å². The van der Waals surface area contributed by atoms with Gasteiger partial charge in [0.1, 0.15) is 11.2 Å². The maximum atomic E-state index is 14.1. The Morgan fingerprint density at radius 1 is 0.426 bits per heavy atom. The summed E-state index contributed by atoms with van der Waals surface area (Å²) in [6, 6.07) is 53.6. The molecule has 7 aromatic carbocycles. The highest BCUT2D eigenvalue weighted by Gasteiger charge is 2.52. The first kappa shape index (κ1) is 25.1. The molecule has 0 bridgehead atoms. The Balaban J connectivity index is 1.29. The Bertz CT molecular complexity index is 2840. The van der Waals surface area contributed by atoms with Gasteiger partial charge in [0.15, 0.2) is 0 Å². The van der Waals surface area contributed by atoms with E-state index in [1.54, 1.807) is 0 Å². The second-order valence-corrected chi connectivity index (χ2v) is 12.8. The van der Waals surface area contributed by atoms with E-state index in [4.69, 9.17) is 4.42 Å². The van der Waals surface area contributed by atoms with Crippen LogP contribution < -0.4 is 5.43 Å². The van der Waals surface area contributed by atoms with Crippen molar-refractivity contribution in [2.45, 2.75) is 5.41 Å². The molecule has 218 valence electrons. The van der Waals surface area contributed by atoms with Gasteiger partial charge in [-0.2, -0.15) is 0 Å². The first-order chi connectivity index (χ1) is 23.2. The molecule has 1 spiro atoms. The Kier molecular flexibility index (Phi) is 4.66. The van der Waals surface area contributed by atoms with E-state index in [-0.39, 0.29) is 5.43 Å². The second-order valence-electron chi connectivity index (χ2n) is 12.8. The molecular weight excluding hydrogens is 574 g/mol. The summed E-state index contributed by atoms with van der Waals surface area (Å²) < 4.78 is 8.80. The molecule has 2 aliphatic rings. The zero-order chi connectivity index (χ0) is 30.9. The third kappa shape index (κ3) is 3.00. The maximum Gasteiger partial charge on any atom is 0.200 e. The molecule has 2 aromatic heterocycles. The molecule has 9 aromatic rings. The molecular formula is C44H25NO2. The van der Waals surface area contributed by atoms with E-state index in [0.29, 0.717) is 21.9 Å². The number of rotatable bonds is 1. The Hall–Kier alpha value is -6.19. The summed E-state index contributed by atoms with van der Waals surface area (Å²) in [5.41, 5.74) is 13.7. The molecule has 11 rings (SSSR count). The fraction of sp³-hybridized carbons (Fsp3) is 0.0227. The molecule has 3 heteroatoms. The van der Waals surface area contributed by atoms with Crippen molar-refractivity contribution in [3.63, 3.8) is 0 Å². The smallest absolute Gasteiger partial charge is 0.200 e. The first-order valence-corrected chi connectivity index (χ1v) is 16.1. The first-order valence-electron chi connectivity index (χ1n) is 16.1. The van der Waals surface area contributed by atoms with E-state index in [1.807, 2.05) is 24.3 Å². The topological polar surface area (TPSA) is 35.1 Å². The van der Waals surface area contributed by atoms with Crippen LogP contribution in [-0.2, 0) is 5.41 Å². The van der Waals surface area contributed by atoms with Crippen molar-refractivity contribution in [3.05, 3.63) is 184 Å². The van der Waals surface area contributed by atoms with Gasteiger partial charge in [-0.1, -0.05) is 103 Å². The van der Waals surface area contributed by atoms with Crippen LogP contribution in [0.5, 0.6) is 0 Å². The van der Waals surface area contributed by atoms with E-state index in [2.05, 4.69) is 132 Å². The number of benzene rings is 7. The third-order valence-corrected chi connectivity index (χ3v) is 10.6. The number of hydrogen-bond acceptors (Lipinski definition) is 2. The zero-order valence-corrected chi connectivity index (χ0v) is 25.2. The third-order valence-electron chi connectivity index (χ3n) is 10.6. The predicted octanol–water partition coefficient (Wildman–Crippen LogP) is 10.4. The Labute approximate surface area is 269 Å². The lowest BCUT2D eigenvalue weighted by atomic mass is 9.70. The van der Waals surface area contributed by atoms with Crippen LogP contribution in [0.2, 0.25) is 0 Å². The molecule has 0 radical (unpaired) electrons. The van der Waals surface area contributed by atoms with Gasteiger partial charge in [0.2, 0.25) is 5.43 Å². The highest BCUT2D eigenvalue weighted by Crippen LogP contribution is 2.63. The fourth-order valence-corrected chi connectivity index (χ4v) is 8.76. The van der Waals surface area contributed by atoms with E-state index < -0.39 is 5.41 Å². The molecule has 2 aliphatic carbocycles. The van der Waals surface area contributed by atoms with Crippen LogP contribution in [0.4, 0.5) is 0 Å². The molecule has 0 saturated carbocycles. The van der Waals surface area contributed by atoms with Crippen LogP contribution in [0.1, 0.15) is 22.3 Å². The van der Waals surface area contributed by atoms with Crippen molar-refractivity contribution < 1.29 is 4.42 Å².